The molecule has 0 bridgehead atoms. The lowest BCUT2D eigenvalue weighted by atomic mass is 10.3. The fraction of sp³-hybridized carbons (Fsp3) is 0.583. The SMILES string of the molecule is CC(C)NC(=O)c1ccc(COCC(F)(F)C(F)F)o1. The second-order valence-corrected chi connectivity index (χ2v) is 4.45. The number of hydrogen-bond acceptors (Lipinski definition) is 3. The summed E-state index contributed by atoms with van der Waals surface area (Å²) >= 11 is 0. The number of hydrogen-bond donors (Lipinski definition) is 1. The van der Waals surface area contributed by atoms with Crippen molar-refractivity contribution in [3.63, 3.8) is 0 Å². The number of ether oxygens (including phenoxy) is 1. The molecule has 114 valence electrons. The minimum absolute atomic E-state index is 0.00193. The Morgan fingerprint density at radius 2 is 2.05 bits per heavy atom. The summed E-state index contributed by atoms with van der Waals surface area (Å²) in [6, 6.07) is 2.62. The largest absolute Gasteiger partial charge is 0.453 e. The van der Waals surface area contributed by atoms with E-state index in [9.17, 15) is 22.4 Å². The van der Waals surface area contributed by atoms with Crippen molar-refractivity contribution in [1.29, 1.82) is 0 Å². The minimum atomic E-state index is -4.20. The first-order valence-corrected chi connectivity index (χ1v) is 5.85. The molecule has 0 unspecified atom stereocenters. The Morgan fingerprint density at radius 1 is 1.40 bits per heavy atom. The Kier molecular flexibility index (Phi) is 5.55. The van der Waals surface area contributed by atoms with E-state index in [2.05, 4.69) is 10.1 Å². The molecular formula is C12H15F4NO3. The Labute approximate surface area is 113 Å². The van der Waals surface area contributed by atoms with Crippen molar-refractivity contribution >= 4 is 5.91 Å². The second-order valence-electron chi connectivity index (χ2n) is 4.45. The molecule has 0 aliphatic rings. The van der Waals surface area contributed by atoms with Crippen molar-refractivity contribution in [1.82, 2.24) is 5.32 Å². The lowest BCUT2D eigenvalue weighted by Crippen LogP contribution is -2.32. The maximum atomic E-state index is 12.6. The number of furan rings is 1. The standard InChI is InChI=1S/C12H15F4NO3/c1-7(2)17-10(18)9-4-3-8(20-9)5-19-6-12(15,16)11(13)14/h3-4,7,11H,5-6H2,1-2H3,(H,17,18). The Hall–Kier alpha value is -1.57. The summed E-state index contributed by atoms with van der Waals surface area (Å²) in [6.45, 7) is 1.69. The van der Waals surface area contributed by atoms with E-state index in [1.165, 1.54) is 12.1 Å². The van der Waals surface area contributed by atoms with Crippen LogP contribution in [0.3, 0.4) is 0 Å². The summed E-state index contributed by atoms with van der Waals surface area (Å²) in [5.41, 5.74) is 0. The van der Waals surface area contributed by atoms with Crippen LogP contribution in [0.15, 0.2) is 16.5 Å². The first-order valence-electron chi connectivity index (χ1n) is 5.85. The minimum Gasteiger partial charge on any atom is -0.453 e. The van der Waals surface area contributed by atoms with Gasteiger partial charge >= 0.3 is 12.3 Å². The van der Waals surface area contributed by atoms with Crippen molar-refractivity contribution in [3.05, 3.63) is 23.7 Å². The predicted octanol–water partition coefficient (Wildman–Crippen LogP) is 2.83. The highest BCUT2D eigenvalue weighted by Gasteiger charge is 2.41. The fourth-order valence-corrected chi connectivity index (χ4v) is 1.26. The molecule has 0 aromatic carbocycles. The van der Waals surface area contributed by atoms with Gasteiger partial charge in [-0.1, -0.05) is 0 Å². The molecule has 0 radical (unpaired) electrons. The van der Waals surface area contributed by atoms with Gasteiger partial charge in [0.15, 0.2) is 5.76 Å². The van der Waals surface area contributed by atoms with E-state index in [4.69, 9.17) is 4.42 Å². The molecule has 0 atom stereocenters. The van der Waals surface area contributed by atoms with E-state index in [1.54, 1.807) is 13.8 Å². The van der Waals surface area contributed by atoms with Crippen molar-refractivity contribution in [2.24, 2.45) is 0 Å². The van der Waals surface area contributed by atoms with E-state index in [0.29, 0.717) is 0 Å². The van der Waals surface area contributed by atoms with Crippen LogP contribution in [0.4, 0.5) is 17.6 Å². The van der Waals surface area contributed by atoms with E-state index in [1.807, 2.05) is 0 Å². The van der Waals surface area contributed by atoms with Crippen LogP contribution in [0.5, 0.6) is 0 Å². The number of amides is 1. The van der Waals surface area contributed by atoms with Crippen LogP contribution in [0, 0.1) is 0 Å². The third-order valence-corrected chi connectivity index (χ3v) is 2.16. The van der Waals surface area contributed by atoms with Gasteiger partial charge in [-0.3, -0.25) is 4.79 Å². The number of alkyl halides is 4. The molecule has 1 aromatic rings. The maximum Gasteiger partial charge on any atom is 0.330 e. The molecule has 1 rings (SSSR count). The van der Waals surface area contributed by atoms with Crippen molar-refractivity contribution in [3.8, 4) is 0 Å². The zero-order valence-corrected chi connectivity index (χ0v) is 11.0. The predicted molar refractivity (Wildman–Crippen MR) is 61.9 cm³/mol. The summed E-state index contributed by atoms with van der Waals surface area (Å²) in [5, 5.41) is 2.57. The van der Waals surface area contributed by atoms with E-state index < -0.39 is 31.5 Å². The Balaban J connectivity index is 2.47. The molecular weight excluding hydrogens is 282 g/mol. The van der Waals surface area contributed by atoms with Gasteiger partial charge in [-0.25, -0.2) is 8.78 Å². The lowest BCUT2D eigenvalue weighted by molar-refractivity contribution is -0.169. The lowest BCUT2D eigenvalue weighted by Gasteiger charge is -2.14. The van der Waals surface area contributed by atoms with Crippen molar-refractivity contribution in [2.75, 3.05) is 6.61 Å². The average molecular weight is 297 g/mol. The van der Waals surface area contributed by atoms with Crippen LogP contribution in [0.25, 0.3) is 0 Å². The van der Waals surface area contributed by atoms with Crippen molar-refractivity contribution < 1.29 is 31.5 Å². The molecule has 0 saturated heterocycles. The zero-order chi connectivity index (χ0) is 15.3. The average Bonchev–Trinajstić information content (AvgIpc) is 2.76. The van der Waals surface area contributed by atoms with Crippen LogP contribution in [-0.4, -0.2) is 30.9 Å². The van der Waals surface area contributed by atoms with Crippen molar-refractivity contribution in [2.45, 2.75) is 38.8 Å². The number of nitrogens with one attached hydrogen (secondary N) is 1. The fourth-order valence-electron chi connectivity index (χ4n) is 1.26. The van der Waals surface area contributed by atoms with E-state index in [0.717, 1.165) is 0 Å². The highest BCUT2D eigenvalue weighted by molar-refractivity contribution is 5.91. The highest BCUT2D eigenvalue weighted by Crippen LogP contribution is 2.23. The molecule has 0 saturated carbocycles. The highest BCUT2D eigenvalue weighted by atomic mass is 19.3. The number of carbonyl (C=O) groups excluding carboxylic acids is 1. The first-order chi connectivity index (χ1) is 9.22. The third kappa shape index (κ3) is 4.84. The van der Waals surface area contributed by atoms with Gasteiger partial charge < -0.3 is 14.5 Å². The summed E-state index contributed by atoms with van der Waals surface area (Å²) in [4.78, 5) is 11.5. The van der Waals surface area contributed by atoms with Gasteiger partial charge in [-0.2, -0.15) is 8.78 Å². The van der Waals surface area contributed by atoms with Gasteiger partial charge in [0.2, 0.25) is 0 Å². The summed E-state index contributed by atoms with van der Waals surface area (Å²) in [7, 11) is 0. The first kappa shape index (κ1) is 16.5. The van der Waals surface area contributed by atoms with E-state index in [-0.39, 0.29) is 17.6 Å². The Morgan fingerprint density at radius 3 is 2.60 bits per heavy atom. The van der Waals surface area contributed by atoms with Gasteiger partial charge in [-0.05, 0) is 26.0 Å². The van der Waals surface area contributed by atoms with Gasteiger partial charge in [-0.15, -0.1) is 0 Å². The van der Waals surface area contributed by atoms with Crippen LogP contribution in [0.1, 0.15) is 30.2 Å². The number of carbonyl (C=O) groups is 1. The topological polar surface area (TPSA) is 51.5 Å². The number of rotatable bonds is 7. The zero-order valence-electron chi connectivity index (χ0n) is 11.0. The molecule has 20 heavy (non-hydrogen) atoms. The summed E-state index contributed by atoms with van der Waals surface area (Å²) in [6.07, 6.45) is -3.79. The van der Waals surface area contributed by atoms with Gasteiger partial charge in [0, 0.05) is 6.04 Å². The molecule has 1 heterocycles. The molecule has 8 heteroatoms. The maximum absolute atomic E-state index is 12.6. The smallest absolute Gasteiger partial charge is 0.330 e. The normalized spacial score (nSPS) is 12.2. The van der Waals surface area contributed by atoms with Crippen LogP contribution in [-0.2, 0) is 11.3 Å². The molecule has 0 fully saturated rings. The van der Waals surface area contributed by atoms with Crippen LogP contribution >= 0.6 is 0 Å². The molecule has 0 spiro atoms. The van der Waals surface area contributed by atoms with Crippen LogP contribution in [0.2, 0.25) is 0 Å². The van der Waals surface area contributed by atoms with Gasteiger partial charge in [0.25, 0.3) is 5.91 Å². The van der Waals surface area contributed by atoms with Gasteiger partial charge in [0.05, 0.1) is 0 Å². The van der Waals surface area contributed by atoms with Crippen LogP contribution < -0.4 is 5.32 Å². The molecule has 0 aliphatic heterocycles. The Bertz CT molecular complexity index is 446. The van der Waals surface area contributed by atoms with Gasteiger partial charge in [0.1, 0.15) is 19.0 Å². The molecule has 1 N–H and O–H groups in total. The third-order valence-electron chi connectivity index (χ3n) is 2.16. The monoisotopic (exact) mass is 297 g/mol. The molecule has 1 aromatic heterocycles. The molecule has 4 nitrogen and oxygen atoms in total. The molecule has 1 amide bonds. The quantitative estimate of drug-likeness (QED) is 0.787. The summed E-state index contributed by atoms with van der Waals surface area (Å²) < 4.78 is 58.4. The molecule has 0 aliphatic carbocycles. The second kappa shape index (κ2) is 6.74. The van der Waals surface area contributed by atoms with E-state index >= 15 is 0 Å². The number of halogens is 4. The summed E-state index contributed by atoms with van der Waals surface area (Å²) in [5.74, 6) is -4.56.